The van der Waals surface area contributed by atoms with Gasteiger partial charge in [-0.3, -0.25) is 0 Å². The smallest absolute Gasteiger partial charge is 0.131 e. The van der Waals surface area contributed by atoms with Gasteiger partial charge in [-0.2, -0.15) is 12.6 Å². The maximum Gasteiger partial charge on any atom is 0.131 e. The van der Waals surface area contributed by atoms with Crippen molar-refractivity contribution in [1.82, 2.24) is 0 Å². The zero-order valence-corrected chi connectivity index (χ0v) is 8.65. The molecule has 0 bridgehead atoms. The van der Waals surface area contributed by atoms with Crippen LogP contribution in [0.2, 0.25) is 5.02 Å². The van der Waals surface area contributed by atoms with Crippen LogP contribution < -0.4 is 0 Å². The second-order valence-corrected chi connectivity index (χ2v) is 3.46. The number of benzene rings is 1. The number of hydrogen-bond acceptors (Lipinski definition) is 1. The largest absolute Gasteiger partial charge is 0.206 e. The lowest BCUT2D eigenvalue weighted by Gasteiger charge is -1.96. The molecule has 1 aromatic carbocycles. The van der Waals surface area contributed by atoms with Crippen LogP contribution in [0, 0.1) is 5.82 Å². The number of allylic oxidation sites excluding steroid dienone is 1. The molecular formula is C10H10ClFS. The molecule has 1 aromatic rings. The fourth-order valence-electron chi connectivity index (χ4n) is 0.922. The van der Waals surface area contributed by atoms with E-state index in [4.69, 9.17) is 11.6 Å². The van der Waals surface area contributed by atoms with Gasteiger partial charge in [0.05, 0.1) is 0 Å². The predicted octanol–water partition coefficient (Wildman–Crippen LogP) is 3.81. The number of thiol groups is 1. The molecule has 0 fully saturated rings. The van der Waals surface area contributed by atoms with E-state index in [2.05, 4.69) is 12.6 Å². The van der Waals surface area contributed by atoms with E-state index in [1.165, 1.54) is 6.07 Å². The van der Waals surface area contributed by atoms with Gasteiger partial charge in [-0.25, -0.2) is 4.39 Å². The third-order valence-corrected chi connectivity index (χ3v) is 2.05. The van der Waals surface area contributed by atoms with Gasteiger partial charge in [0, 0.05) is 10.6 Å². The van der Waals surface area contributed by atoms with Crippen molar-refractivity contribution in [3.05, 3.63) is 40.7 Å². The second-order valence-electron chi connectivity index (χ2n) is 2.58. The van der Waals surface area contributed by atoms with E-state index < -0.39 is 0 Å². The Morgan fingerprint density at radius 2 is 2.23 bits per heavy atom. The summed E-state index contributed by atoms with van der Waals surface area (Å²) < 4.78 is 13.1. The SMILES string of the molecule is Fc1cc(Cl)ccc1C=CCCS. The Morgan fingerprint density at radius 1 is 1.46 bits per heavy atom. The molecule has 0 amide bonds. The van der Waals surface area contributed by atoms with Crippen LogP contribution in [-0.2, 0) is 0 Å². The minimum Gasteiger partial charge on any atom is -0.206 e. The van der Waals surface area contributed by atoms with Crippen molar-refractivity contribution in [2.24, 2.45) is 0 Å². The third kappa shape index (κ3) is 3.41. The lowest BCUT2D eigenvalue weighted by molar-refractivity contribution is 0.625. The molecule has 0 heterocycles. The molecule has 0 aromatic heterocycles. The molecule has 0 nitrogen and oxygen atoms in total. The molecule has 13 heavy (non-hydrogen) atoms. The molecule has 0 spiro atoms. The minimum absolute atomic E-state index is 0.289. The number of hydrogen-bond donors (Lipinski definition) is 1. The summed E-state index contributed by atoms with van der Waals surface area (Å²) in [6.45, 7) is 0. The Morgan fingerprint density at radius 3 is 2.85 bits per heavy atom. The van der Waals surface area contributed by atoms with E-state index in [1.54, 1.807) is 18.2 Å². The van der Waals surface area contributed by atoms with Gasteiger partial charge in [0.25, 0.3) is 0 Å². The highest BCUT2D eigenvalue weighted by Gasteiger charge is 1.97. The average Bonchev–Trinajstić information content (AvgIpc) is 2.09. The second kappa shape index (κ2) is 5.30. The molecule has 1 rings (SSSR count). The highest BCUT2D eigenvalue weighted by Crippen LogP contribution is 2.15. The van der Waals surface area contributed by atoms with Gasteiger partial charge in [0.15, 0.2) is 0 Å². The summed E-state index contributed by atoms with van der Waals surface area (Å²) in [5, 5.41) is 0.420. The zero-order valence-electron chi connectivity index (χ0n) is 7.00. The van der Waals surface area contributed by atoms with E-state index in [-0.39, 0.29) is 5.82 Å². The van der Waals surface area contributed by atoms with Crippen LogP contribution in [-0.4, -0.2) is 5.75 Å². The van der Waals surface area contributed by atoms with Crippen molar-refractivity contribution in [3.8, 4) is 0 Å². The average molecular weight is 217 g/mol. The van der Waals surface area contributed by atoms with E-state index in [0.717, 1.165) is 12.2 Å². The molecule has 0 unspecified atom stereocenters. The summed E-state index contributed by atoms with van der Waals surface area (Å²) >= 11 is 9.65. The molecule has 0 aliphatic rings. The highest BCUT2D eigenvalue weighted by molar-refractivity contribution is 7.80. The molecule has 0 saturated heterocycles. The van der Waals surface area contributed by atoms with Crippen molar-refractivity contribution < 1.29 is 4.39 Å². The van der Waals surface area contributed by atoms with Crippen LogP contribution >= 0.6 is 24.2 Å². The van der Waals surface area contributed by atoms with Gasteiger partial charge in [-0.15, -0.1) is 0 Å². The van der Waals surface area contributed by atoms with Gasteiger partial charge in [0.1, 0.15) is 5.82 Å². The fourth-order valence-corrected chi connectivity index (χ4v) is 1.23. The van der Waals surface area contributed by atoms with Crippen LogP contribution in [0.15, 0.2) is 24.3 Å². The molecule has 70 valence electrons. The summed E-state index contributed by atoms with van der Waals surface area (Å²) in [6.07, 6.45) is 4.46. The van der Waals surface area contributed by atoms with Crippen molar-refractivity contribution in [1.29, 1.82) is 0 Å². The van der Waals surface area contributed by atoms with E-state index in [9.17, 15) is 4.39 Å². The van der Waals surface area contributed by atoms with Crippen LogP contribution in [0.5, 0.6) is 0 Å². The van der Waals surface area contributed by atoms with E-state index in [1.807, 2.05) is 6.08 Å². The Kier molecular flexibility index (Phi) is 4.33. The van der Waals surface area contributed by atoms with Crippen molar-refractivity contribution in [2.75, 3.05) is 5.75 Å². The topological polar surface area (TPSA) is 0 Å². The Balaban J connectivity index is 2.77. The Labute approximate surface area is 87.8 Å². The summed E-state index contributed by atoms with van der Waals surface area (Å²) in [7, 11) is 0. The molecule has 3 heteroatoms. The lowest BCUT2D eigenvalue weighted by atomic mass is 10.2. The van der Waals surface area contributed by atoms with Crippen molar-refractivity contribution in [2.45, 2.75) is 6.42 Å². The van der Waals surface area contributed by atoms with E-state index >= 15 is 0 Å². The van der Waals surface area contributed by atoms with Gasteiger partial charge in [-0.1, -0.05) is 29.8 Å². The summed E-state index contributed by atoms with van der Waals surface area (Å²) in [5.41, 5.74) is 0.561. The Hall–Kier alpha value is -0.470. The molecular weight excluding hydrogens is 207 g/mol. The minimum atomic E-state index is -0.289. The third-order valence-electron chi connectivity index (χ3n) is 1.56. The van der Waals surface area contributed by atoms with E-state index in [0.29, 0.717) is 10.6 Å². The highest BCUT2D eigenvalue weighted by atomic mass is 35.5. The first-order valence-corrected chi connectivity index (χ1v) is 4.97. The molecule has 0 N–H and O–H groups in total. The lowest BCUT2D eigenvalue weighted by Crippen LogP contribution is -1.80. The van der Waals surface area contributed by atoms with Gasteiger partial charge < -0.3 is 0 Å². The first-order chi connectivity index (χ1) is 6.24. The first-order valence-electron chi connectivity index (χ1n) is 3.96. The molecule has 0 atom stereocenters. The molecule has 0 aliphatic heterocycles. The first kappa shape index (κ1) is 10.6. The van der Waals surface area contributed by atoms with Gasteiger partial charge in [-0.05, 0) is 24.3 Å². The summed E-state index contributed by atoms with van der Waals surface area (Å²) in [6, 6.07) is 4.64. The molecule has 0 radical (unpaired) electrons. The van der Waals surface area contributed by atoms with Crippen LogP contribution in [0.4, 0.5) is 4.39 Å². The van der Waals surface area contributed by atoms with Gasteiger partial charge in [0.2, 0.25) is 0 Å². The van der Waals surface area contributed by atoms with Crippen molar-refractivity contribution >= 4 is 30.3 Å². The maximum atomic E-state index is 13.1. The molecule has 0 saturated carbocycles. The van der Waals surface area contributed by atoms with Crippen molar-refractivity contribution in [3.63, 3.8) is 0 Å². The number of halogens is 2. The summed E-state index contributed by atoms with van der Waals surface area (Å²) in [4.78, 5) is 0. The number of rotatable bonds is 3. The Bertz CT molecular complexity index is 310. The summed E-state index contributed by atoms with van der Waals surface area (Å²) in [5.74, 6) is 0.481. The maximum absolute atomic E-state index is 13.1. The molecule has 0 aliphatic carbocycles. The van der Waals surface area contributed by atoms with Crippen LogP contribution in [0.1, 0.15) is 12.0 Å². The van der Waals surface area contributed by atoms with Crippen LogP contribution in [0.25, 0.3) is 6.08 Å². The predicted molar refractivity (Wildman–Crippen MR) is 58.9 cm³/mol. The van der Waals surface area contributed by atoms with Crippen LogP contribution in [0.3, 0.4) is 0 Å². The monoisotopic (exact) mass is 216 g/mol. The normalized spacial score (nSPS) is 11.0. The zero-order chi connectivity index (χ0) is 9.68. The van der Waals surface area contributed by atoms with Gasteiger partial charge >= 0.3 is 0 Å². The quantitative estimate of drug-likeness (QED) is 0.730. The fraction of sp³-hybridized carbons (Fsp3) is 0.200. The standard InChI is InChI=1S/C10H10ClFS/c11-9-5-4-8(10(12)7-9)3-1-2-6-13/h1,3-5,7,13H,2,6H2.